The summed E-state index contributed by atoms with van der Waals surface area (Å²) in [6, 6.07) is 17.3. The summed E-state index contributed by atoms with van der Waals surface area (Å²) >= 11 is 0. The number of unbranched alkanes of at least 4 members (excludes halogenated alkanes) is 2. The number of benzene rings is 2. The average molecular weight is 486 g/mol. The van der Waals surface area contributed by atoms with Gasteiger partial charge in [0.2, 0.25) is 5.91 Å². The van der Waals surface area contributed by atoms with Crippen molar-refractivity contribution in [3.63, 3.8) is 0 Å². The number of hydrogen-bond acceptors (Lipinski definition) is 5. The molecule has 186 valence electrons. The summed E-state index contributed by atoms with van der Waals surface area (Å²) in [5.74, 6) is 0.703. The van der Waals surface area contributed by atoms with Gasteiger partial charge in [-0.1, -0.05) is 55.3 Å². The molecular weight excluding hydrogens is 454 g/mol. The monoisotopic (exact) mass is 485 g/mol. The van der Waals surface area contributed by atoms with Crippen LogP contribution in [0.5, 0.6) is 0 Å². The molecule has 0 spiro atoms. The molecule has 1 unspecified atom stereocenters. The van der Waals surface area contributed by atoms with Crippen LogP contribution in [0.15, 0.2) is 73.2 Å². The van der Waals surface area contributed by atoms with E-state index in [-0.39, 0.29) is 18.6 Å². The number of carbonyl (C=O) groups excluding carboxylic acids is 2. The van der Waals surface area contributed by atoms with E-state index in [1.54, 1.807) is 19.4 Å². The van der Waals surface area contributed by atoms with Gasteiger partial charge in [0.25, 0.3) is 0 Å². The summed E-state index contributed by atoms with van der Waals surface area (Å²) in [5, 5.41) is 7.77. The predicted octanol–water partition coefficient (Wildman–Crippen LogP) is 5.29. The zero-order chi connectivity index (χ0) is 25.2. The fourth-order valence-corrected chi connectivity index (χ4v) is 4.03. The Balaban J connectivity index is 1.43. The van der Waals surface area contributed by atoms with Crippen molar-refractivity contribution in [2.75, 3.05) is 7.05 Å². The molecule has 2 aromatic heterocycles. The Morgan fingerprint density at radius 3 is 2.69 bits per heavy atom. The molecule has 0 aliphatic rings. The maximum absolute atomic E-state index is 12.6. The maximum Gasteiger partial charge on any atom is 0.408 e. The molecule has 0 fully saturated rings. The fraction of sp³-hybridized carbons (Fsp3) is 0.286. The smallest absolute Gasteiger partial charge is 0.408 e. The summed E-state index contributed by atoms with van der Waals surface area (Å²) in [6.45, 7) is 0.194. The first-order chi connectivity index (χ1) is 17.6. The second-order valence-electron chi connectivity index (χ2n) is 8.65. The van der Waals surface area contributed by atoms with Crippen LogP contribution in [0, 0.1) is 0 Å². The molecule has 4 rings (SSSR count). The number of H-pyrrole nitrogens is 1. The highest BCUT2D eigenvalue weighted by Crippen LogP contribution is 2.25. The molecule has 8 nitrogen and oxygen atoms in total. The first-order valence-corrected chi connectivity index (χ1v) is 12.2. The first-order valence-electron chi connectivity index (χ1n) is 12.2. The van der Waals surface area contributed by atoms with Crippen LogP contribution < -0.4 is 10.6 Å². The number of aromatic amines is 1. The van der Waals surface area contributed by atoms with E-state index in [1.807, 2.05) is 48.7 Å². The van der Waals surface area contributed by atoms with Gasteiger partial charge in [0, 0.05) is 36.8 Å². The second kappa shape index (κ2) is 12.5. The number of nitrogens with one attached hydrogen (secondary N) is 3. The Hall–Kier alpha value is -4.20. The Bertz CT molecular complexity index is 1290. The van der Waals surface area contributed by atoms with Crippen molar-refractivity contribution in [1.29, 1.82) is 0 Å². The zero-order valence-electron chi connectivity index (χ0n) is 20.4. The molecule has 0 bridgehead atoms. The number of pyridine rings is 1. The van der Waals surface area contributed by atoms with Gasteiger partial charge in [0.15, 0.2) is 0 Å². The number of rotatable bonds is 11. The van der Waals surface area contributed by atoms with E-state index in [0.29, 0.717) is 18.7 Å². The number of alkyl carbamates (subject to hydrolysis) is 1. The highest BCUT2D eigenvalue weighted by molar-refractivity contribution is 5.85. The lowest BCUT2D eigenvalue weighted by Crippen LogP contribution is -2.30. The van der Waals surface area contributed by atoms with Crippen molar-refractivity contribution in [3.8, 4) is 11.3 Å². The number of fused-ring (bicyclic) bond motifs is 1. The summed E-state index contributed by atoms with van der Waals surface area (Å²) in [7, 11) is 1.64. The Morgan fingerprint density at radius 2 is 1.86 bits per heavy atom. The van der Waals surface area contributed by atoms with Gasteiger partial charge in [-0.15, -0.1) is 0 Å². The van der Waals surface area contributed by atoms with Crippen molar-refractivity contribution >= 4 is 22.8 Å². The molecule has 0 aliphatic heterocycles. The summed E-state index contributed by atoms with van der Waals surface area (Å²) in [5.41, 5.74) is 2.77. The van der Waals surface area contributed by atoms with Crippen LogP contribution in [-0.4, -0.2) is 34.0 Å². The molecule has 0 saturated carbocycles. The third kappa shape index (κ3) is 6.91. The highest BCUT2D eigenvalue weighted by atomic mass is 16.5. The Labute approximate surface area is 210 Å². The summed E-state index contributed by atoms with van der Waals surface area (Å²) < 4.78 is 5.44. The third-order valence-corrected chi connectivity index (χ3v) is 6.06. The molecule has 0 saturated heterocycles. The largest absolute Gasteiger partial charge is 0.445 e. The van der Waals surface area contributed by atoms with Crippen molar-refractivity contribution in [2.45, 2.75) is 44.8 Å². The van der Waals surface area contributed by atoms with Crippen LogP contribution >= 0.6 is 0 Å². The molecule has 0 radical (unpaired) electrons. The highest BCUT2D eigenvalue weighted by Gasteiger charge is 2.19. The SMILES string of the molecule is CNC(=O)CCCCCC(NC(=O)OCc1ccccc1)c1ncc(-c2ccc3ccncc3c2)[nH]1. The molecule has 2 heterocycles. The van der Waals surface area contributed by atoms with E-state index in [4.69, 9.17) is 4.74 Å². The topological polar surface area (TPSA) is 109 Å². The fourth-order valence-electron chi connectivity index (χ4n) is 4.03. The lowest BCUT2D eigenvalue weighted by molar-refractivity contribution is -0.120. The average Bonchev–Trinajstić information content (AvgIpc) is 3.41. The van der Waals surface area contributed by atoms with Crippen LogP contribution in [0.2, 0.25) is 0 Å². The van der Waals surface area contributed by atoms with Gasteiger partial charge in [-0.2, -0.15) is 0 Å². The van der Waals surface area contributed by atoms with Crippen LogP contribution in [-0.2, 0) is 16.1 Å². The normalized spacial score (nSPS) is 11.7. The quantitative estimate of drug-likeness (QED) is 0.250. The Kier molecular flexibility index (Phi) is 8.64. The van der Waals surface area contributed by atoms with Gasteiger partial charge in [0.05, 0.1) is 17.9 Å². The van der Waals surface area contributed by atoms with Gasteiger partial charge in [-0.3, -0.25) is 9.78 Å². The number of carbonyl (C=O) groups is 2. The molecule has 0 aliphatic carbocycles. The summed E-state index contributed by atoms with van der Waals surface area (Å²) in [4.78, 5) is 36.2. The second-order valence-corrected chi connectivity index (χ2v) is 8.65. The minimum atomic E-state index is -0.496. The van der Waals surface area contributed by atoms with Crippen LogP contribution in [0.25, 0.3) is 22.0 Å². The molecule has 4 aromatic rings. The number of imidazole rings is 1. The van der Waals surface area contributed by atoms with E-state index in [1.165, 1.54) is 0 Å². The van der Waals surface area contributed by atoms with Gasteiger partial charge in [-0.05, 0) is 35.9 Å². The molecule has 36 heavy (non-hydrogen) atoms. The first kappa shape index (κ1) is 24.9. The molecule has 3 N–H and O–H groups in total. The molecular formula is C28H31N5O3. The van der Waals surface area contributed by atoms with Crippen LogP contribution in [0.3, 0.4) is 0 Å². The van der Waals surface area contributed by atoms with Crippen molar-refractivity contribution in [2.24, 2.45) is 0 Å². The standard InChI is InChI=1S/C28H31N5O3/c1-29-26(34)11-7-3-6-10-24(33-28(35)36-19-20-8-4-2-5-9-20)27-31-18-25(32-27)22-13-12-21-14-15-30-17-23(21)16-22/h2,4-5,8-9,12-18,24H,3,6-7,10-11,19H2,1H3,(H,29,34)(H,31,32)(H,33,35). The van der Waals surface area contributed by atoms with Crippen molar-refractivity contribution < 1.29 is 14.3 Å². The van der Waals surface area contributed by atoms with Gasteiger partial charge >= 0.3 is 6.09 Å². The van der Waals surface area contributed by atoms with E-state index in [9.17, 15) is 9.59 Å². The zero-order valence-corrected chi connectivity index (χ0v) is 20.4. The third-order valence-electron chi connectivity index (χ3n) is 6.06. The number of aromatic nitrogens is 3. The van der Waals surface area contributed by atoms with E-state index >= 15 is 0 Å². The Morgan fingerprint density at radius 1 is 1.00 bits per heavy atom. The minimum absolute atomic E-state index is 0.0374. The van der Waals surface area contributed by atoms with Gasteiger partial charge in [-0.25, -0.2) is 9.78 Å². The van der Waals surface area contributed by atoms with E-state index in [0.717, 1.165) is 46.9 Å². The number of ether oxygens (including phenoxy) is 1. The van der Waals surface area contributed by atoms with Crippen molar-refractivity contribution in [3.05, 3.63) is 84.6 Å². The lowest BCUT2D eigenvalue weighted by atomic mass is 10.1. The van der Waals surface area contributed by atoms with E-state index in [2.05, 4.69) is 37.7 Å². The number of amides is 2. The van der Waals surface area contributed by atoms with Crippen molar-refractivity contribution in [1.82, 2.24) is 25.6 Å². The molecule has 2 amide bonds. The van der Waals surface area contributed by atoms with Crippen LogP contribution in [0.1, 0.15) is 49.5 Å². The van der Waals surface area contributed by atoms with Gasteiger partial charge < -0.3 is 20.4 Å². The van der Waals surface area contributed by atoms with Gasteiger partial charge in [0.1, 0.15) is 12.4 Å². The molecule has 1 atom stereocenters. The molecule has 8 heteroatoms. The number of hydrogen-bond donors (Lipinski definition) is 3. The maximum atomic E-state index is 12.6. The minimum Gasteiger partial charge on any atom is -0.445 e. The number of nitrogens with zero attached hydrogens (tertiary/aromatic N) is 2. The molecule has 2 aromatic carbocycles. The predicted molar refractivity (Wildman–Crippen MR) is 139 cm³/mol. The lowest BCUT2D eigenvalue weighted by Gasteiger charge is -2.17. The van der Waals surface area contributed by atoms with E-state index < -0.39 is 6.09 Å². The summed E-state index contributed by atoms with van der Waals surface area (Å²) in [6.07, 6.45) is 8.55. The van der Waals surface area contributed by atoms with Crippen LogP contribution in [0.4, 0.5) is 4.79 Å².